The third kappa shape index (κ3) is 4.44. The number of rotatable bonds is 6. The van der Waals surface area contributed by atoms with Gasteiger partial charge in [-0.05, 0) is 23.6 Å². The lowest BCUT2D eigenvalue weighted by Gasteiger charge is -2.34. The average molecular weight is 308 g/mol. The van der Waals surface area contributed by atoms with Gasteiger partial charge in [-0.3, -0.25) is 15.2 Å². The van der Waals surface area contributed by atoms with Crippen LogP contribution in [0.15, 0.2) is 72.4 Å². The minimum Gasteiger partial charge on any atom is -0.292 e. The van der Waals surface area contributed by atoms with Gasteiger partial charge < -0.3 is 0 Å². The topological polar surface area (TPSA) is 24.5 Å². The fourth-order valence-electron chi connectivity index (χ4n) is 3.12. The van der Waals surface area contributed by atoms with E-state index in [1.54, 1.807) is 7.11 Å². The lowest BCUT2D eigenvalue weighted by molar-refractivity contribution is 0.103. The van der Waals surface area contributed by atoms with Crippen LogP contribution in [0, 0.1) is 0 Å². The molecule has 0 unspecified atom stereocenters. The Morgan fingerprint density at radius 2 is 1.65 bits per heavy atom. The van der Waals surface area contributed by atoms with E-state index in [9.17, 15) is 0 Å². The van der Waals surface area contributed by atoms with Crippen LogP contribution in [0.1, 0.15) is 17.5 Å². The summed E-state index contributed by atoms with van der Waals surface area (Å²) in [5.41, 5.74) is 6.93. The predicted molar refractivity (Wildman–Crippen MR) is 93.6 cm³/mol. The van der Waals surface area contributed by atoms with Crippen LogP contribution in [0.25, 0.3) is 0 Å². The Kier molecular flexibility index (Phi) is 5.46. The molecule has 120 valence electrons. The van der Waals surface area contributed by atoms with Crippen molar-refractivity contribution in [1.29, 1.82) is 0 Å². The van der Waals surface area contributed by atoms with Gasteiger partial charge in [0.05, 0.1) is 7.11 Å². The van der Waals surface area contributed by atoms with E-state index in [4.69, 9.17) is 4.84 Å². The van der Waals surface area contributed by atoms with Gasteiger partial charge in [0.2, 0.25) is 0 Å². The molecule has 2 aromatic carbocycles. The molecule has 3 rings (SSSR count). The van der Waals surface area contributed by atoms with Gasteiger partial charge in [0.15, 0.2) is 0 Å². The van der Waals surface area contributed by atoms with Gasteiger partial charge in [-0.25, -0.2) is 0 Å². The highest BCUT2D eigenvalue weighted by Gasteiger charge is 2.22. The highest BCUT2D eigenvalue weighted by atomic mass is 16.6. The van der Waals surface area contributed by atoms with Gasteiger partial charge in [0.1, 0.15) is 0 Å². The smallest absolute Gasteiger partial charge is 0.0636 e. The van der Waals surface area contributed by atoms with Crippen molar-refractivity contribution in [2.24, 2.45) is 0 Å². The van der Waals surface area contributed by atoms with Gasteiger partial charge in [0.25, 0.3) is 0 Å². The average Bonchev–Trinajstić information content (AvgIpc) is 2.59. The highest BCUT2D eigenvalue weighted by Crippen LogP contribution is 2.21. The molecule has 0 aliphatic carbocycles. The third-order valence-electron chi connectivity index (χ3n) is 4.28. The molecule has 0 saturated heterocycles. The molecule has 0 radical (unpaired) electrons. The SMILES string of the molecule is CONC1=C[C@@H](Cc2ccccc2)N(Cc2ccccc2)CC1. The van der Waals surface area contributed by atoms with Crippen molar-refractivity contribution >= 4 is 0 Å². The summed E-state index contributed by atoms with van der Waals surface area (Å²) in [5, 5.41) is 0. The monoisotopic (exact) mass is 308 g/mol. The molecule has 3 heteroatoms. The van der Waals surface area contributed by atoms with Crippen molar-refractivity contribution in [2.75, 3.05) is 13.7 Å². The predicted octanol–water partition coefficient (Wildman–Crippen LogP) is 3.54. The summed E-state index contributed by atoms with van der Waals surface area (Å²) in [6.07, 6.45) is 4.32. The quantitative estimate of drug-likeness (QED) is 0.826. The van der Waals surface area contributed by atoms with Crippen molar-refractivity contribution in [3.05, 3.63) is 83.6 Å². The molecule has 0 bridgehead atoms. The molecule has 0 amide bonds. The molecular weight excluding hydrogens is 284 g/mol. The Morgan fingerprint density at radius 1 is 1.00 bits per heavy atom. The normalized spacial score (nSPS) is 18.5. The summed E-state index contributed by atoms with van der Waals surface area (Å²) in [6.45, 7) is 2.02. The second-order valence-corrected chi connectivity index (χ2v) is 5.96. The number of hydrogen-bond acceptors (Lipinski definition) is 3. The molecule has 1 aliphatic rings. The van der Waals surface area contributed by atoms with E-state index >= 15 is 0 Å². The van der Waals surface area contributed by atoms with Crippen LogP contribution < -0.4 is 5.48 Å². The second kappa shape index (κ2) is 7.95. The summed E-state index contributed by atoms with van der Waals surface area (Å²) < 4.78 is 0. The molecule has 3 nitrogen and oxygen atoms in total. The Hall–Kier alpha value is -2.10. The molecule has 0 fully saturated rings. The first kappa shape index (κ1) is 15.8. The van der Waals surface area contributed by atoms with Gasteiger partial charge in [0, 0.05) is 31.2 Å². The molecular formula is C20H24N2O. The van der Waals surface area contributed by atoms with Crippen molar-refractivity contribution in [3.63, 3.8) is 0 Å². The van der Waals surface area contributed by atoms with Crippen LogP contribution in [0.5, 0.6) is 0 Å². The Bertz CT molecular complexity index is 625. The van der Waals surface area contributed by atoms with Crippen molar-refractivity contribution in [1.82, 2.24) is 10.4 Å². The molecule has 0 saturated carbocycles. The van der Waals surface area contributed by atoms with E-state index < -0.39 is 0 Å². The van der Waals surface area contributed by atoms with Crippen LogP contribution in [-0.4, -0.2) is 24.6 Å². The minimum absolute atomic E-state index is 0.379. The molecule has 23 heavy (non-hydrogen) atoms. The molecule has 1 heterocycles. The van der Waals surface area contributed by atoms with Gasteiger partial charge in [-0.1, -0.05) is 60.7 Å². The van der Waals surface area contributed by atoms with Crippen LogP contribution in [0.3, 0.4) is 0 Å². The lowest BCUT2D eigenvalue weighted by atomic mass is 9.99. The van der Waals surface area contributed by atoms with Crippen LogP contribution in [0.4, 0.5) is 0 Å². The number of benzene rings is 2. The first-order valence-corrected chi connectivity index (χ1v) is 8.17. The van der Waals surface area contributed by atoms with Gasteiger partial charge in [-0.2, -0.15) is 0 Å². The van der Waals surface area contributed by atoms with Crippen LogP contribution in [0.2, 0.25) is 0 Å². The summed E-state index contributed by atoms with van der Waals surface area (Å²) >= 11 is 0. The van der Waals surface area contributed by atoms with E-state index in [1.165, 1.54) is 16.8 Å². The fourth-order valence-corrected chi connectivity index (χ4v) is 3.12. The van der Waals surface area contributed by atoms with Gasteiger partial charge in [-0.15, -0.1) is 0 Å². The molecule has 1 atom stereocenters. The van der Waals surface area contributed by atoms with Crippen molar-refractivity contribution in [2.45, 2.75) is 25.4 Å². The molecule has 0 aromatic heterocycles. The standard InChI is InChI=1S/C20H24N2O/c1-23-21-19-12-13-22(16-18-10-6-3-7-11-18)20(15-19)14-17-8-4-2-5-9-17/h2-11,15,20-21H,12-14,16H2,1H3/t20-/m1/s1. The molecule has 0 spiro atoms. The third-order valence-corrected chi connectivity index (χ3v) is 4.28. The van der Waals surface area contributed by atoms with E-state index in [0.717, 1.165) is 25.9 Å². The largest absolute Gasteiger partial charge is 0.292 e. The highest BCUT2D eigenvalue weighted by molar-refractivity contribution is 5.21. The zero-order valence-corrected chi connectivity index (χ0v) is 13.6. The Morgan fingerprint density at radius 3 is 2.30 bits per heavy atom. The zero-order valence-electron chi connectivity index (χ0n) is 13.6. The first-order chi connectivity index (χ1) is 11.3. The number of nitrogens with zero attached hydrogens (tertiary/aromatic N) is 1. The van der Waals surface area contributed by atoms with E-state index in [-0.39, 0.29) is 0 Å². The number of hydroxylamine groups is 1. The van der Waals surface area contributed by atoms with Crippen LogP contribution in [-0.2, 0) is 17.8 Å². The Labute approximate surface area is 138 Å². The number of hydrogen-bond donors (Lipinski definition) is 1. The van der Waals surface area contributed by atoms with Crippen molar-refractivity contribution < 1.29 is 4.84 Å². The summed E-state index contributed by atoms with van der Waals surface area (Å²) in [5.74, 6) is 0. The number of nitrogens with one attached hydrogen (secondary N) is 1. The van der Waals surface area contributed by atoms with Crippen molar-refractivity contribution in [3.8, 4) is 0 Å². The molecule has 1 N–H and O–H groups in total. The van der Waals surface area contributed by atoms with E-state index in [0.29, 0.717) is 6.04 Å². The van der Waals surface area contributed by atoms with E-state index in [1.807, 2.05) is 0 Å². The van der Waals surface area contributed by atoms with E-state index in [2.05, 4.69) is 77.1 Å². The maximum atomic E-state index is 5.10. The zero-order chi connectivity index (χ0) is 15.9. The maximum Gasteiger partial charge on any atom is 0.0636 e. The first-order valence-electron chi connectivity index (χ1n) is 8.17. The Balaban J connectivity index is 1.76. The summed E-state index contributed by atoms with van der Waals surface area (Å²) in [6, 6.07) is 21.8. The molecule has 1 aliphatic heterocycles. The minimum atomic E-state index is 0.379. The van der Waals surface area contributed by atoms with Gasteiger partial charge >= 0.3 is 0 Å². The summed E-state index contributed by atoms with van der Waals surface area (Å²) in [7, 11) is 1.67. The fraction of sp³-hybridized carbons (Fsp3) is 0.300. The van der Waals surface area contributed by atoms with Crippen LogP contribution >= 0.6 is 0 Å². The second-order valence-electron chi connectivity index (χ2n) is 5.96. The summed E-state index contributed by atoms with van der Waals surface area (Å²) in [4.78, 5) is 7.64. The lowest BCUT2D eigenvalue weighted by Crippen LogP contribution is -2.40. The molecule has 2 aromatic rings. The maximum absolute atomic E-state index is 5.10.